The molecule has 1 saturated heterocycles. The SMILES string of the molecule is C[C@H]1CCCN(S(=O)(=O)c2ccc3c(c2)nc(SCc2ccc(Cl)cc2)n3C2CCCC2)C1. The highest BCUT2D eigenvalue weighted by atomic mass is 35.5. The lowest BCUT2D eigenvalue weighted by Crippen LogP contribution is -2.39. The minimum absolute atomic E-state index is 0.356. The van der Waals surface area contributed by atoms with Crippen molar-refractivity contribution in [1.29, 1.82) is 0 Å². The van der Waals surface area contributed by atoms with Crippen molar-refractivity contribution in [1.82, 2.24) is 13.9 Å². The zero-order valence-corrected chi connectivity index (χ0v) is 21.3. The van der Waals surface area contributed by atoms with Crippen molar-refractivity contribution in [2.45, 2.75) is 67.3 Å². The topological polar surface area (TPSA) is 55.2 Å². The Morgan fingerprint density at radius 3 is 2.55 bits per heavy atom. The Kier molecular flexibility index (Phi) is 6.76. The smallest absolute Gasteiger partial charge is 0.243 e. The Bertz CT molecular complexity index is 1230. The van der Waals surface area contributed by atoms with Gasteiger partial charge in [0.15, 0.2) is 5.16 Å². The standard InChI is InChI=1S/C25H30ClN3O2S2/c1-18-5-4-14-28(16-18)33(30,31)22-12-13-24-23(15-22)27-25(29(24)21-6-2-3-7-21)32-17-19-8-10-20(26)11-9-19/h8-13,15,18,21H,2-7,14,16-17H2,1H3/t18-/m0/s1. The van der Waals surface area contributed by atoms with Crippen LogP contribution in [-0.4, -0.2) is 35.4 Å². The Labute approximate surface area is 205 Å². The second-order valence-electron chi connectivity index (χ2n) is 9.38. The van der Waals surface area contributed by atoms with Crippen LogP contribution in [0.2, 0.25) is 5.02 Å². The van der Waals surface area contributed by atoms with Gasteiger partial charge in [0, 0.05) is 29.9 Å². The average molecular weight is 504 g/mol. The van der Waals surface area contributed by atoms with Crippen molar-refractivity contribution in [3.63, 3.8) is 0 Å². The molecule has 5 rings (SSSR count). The van der Waals surface area contributed by atoms with Crippen molar-refractivity contribution < 1.29 is 8.42 Å². The summed E-state index contributed by atoms with van der Waals surface area (Å²) in [6, 6.07) is 13.9. The second-order valence-corrected chi connectivity index (χ2v) is 12.7. The molecule has 2 fully saturated rings. The van der Waals surface area contributed by atoms with E-state index in [1.54, 1.807) is 28.2 Å². The third-order valence-corrected chi connectivity index (χ3v) is 9.99. The summed E-state index contributed by atoms with van der Waals surface area (Å²) in [6.07, 6.45) is 6.75. The first-order valence-corrected chi connectivity index (χ1v) is 14.6. The Morgan fingerprint density at radius 1 is 1.06 bits per heavy atom. The van der Waals surface area contributed by atoms with Crippen LogP contribution in [0.4, 0.5) is 0 Å². The molecule has 2 aliphatic rings. The summed E-state index contributed by atoms with van der Waals surface area (Å²) >= 11 is 7.74. The summed E-state index contributed by atoms with van der Waals surface area (Å²) in [7, 11) is -3.50. The van der Waals surface area contributed by atoms with E-state index in [2.05, 4.69) is 11.5 Å². The number of piperidine rings is 1. The Hall–Kier alpha value is -1.54. The van der Waals surface area contributed by atoms with Crippen molar-refractivity contribution in [3.8, 4) is 0 Å². The minimum Gasteiger partial charge on any atom is -0.316 e. The van der Waals surface area contributed by atoms with E-state index in [1.165, 1.54) is 18.4 Å². The molecule has 3 aromatic rings. The van der Waals surface area contributed by atoms with Crippen LogP contribution in [0.3, 0.4) is 0 Å². The van der Waals surface area contributed by atoms with Gasteiger partial charge in [0.25, 0.3) is 0 Å². The molecule has 0 amide bonds. The minimum atomic E-state index is -3.50. The van der Waals surface area contributed by atoms with Gasteiger partial charge >= 0.3 is 0 Å². The van der Waals surface area contributed by atoms with Crippen LogP contribution < -0.4 is 0 Å². The summed E-state index contributed by atoms with van der Waals surface area (Å²) in [5.74, 6) is 1.19. The van der Waals surface area contributed by atoms with E-state index in [1.807, 2.05) is 30.3 Å². The van der Waals surface area contributed by atoms with Gasteiger partial charge in [-0.15, -0.1) is 0 Å². The molecule has 1 aliphatic heterocycles. The molecule has 0 N–H and O–H groups in total. The molecule has 5 nitrogen and oxygen atoms in total. The lowest BCUT2D eigenvalue weighted by atomic mass is 10.0. The highest BCUT2D eigenvalue weighted by molar-refractivity contribution is 7.98. The largest absolute Gasteiger partial charge is 0.316 e. The summed E-state index contributed by atoms with van der Waals surface area (Å²) < 4.78 is 30.7. The molecule has 1 aliphatic carbocycles. The van der Waals surface area contributed by atoms with E-state index in [-0.39, 0.29) is 0 Å². The van der Waals surface area contributed by atoms with Crippen molar-refractivity contribution in [2.24, 2.45) is 5.92 Å². The van der Waals surface area contributed by atoms with Crippen LogP contribution in [0.25, 0.3) is 11.0 Å². The average Bonchev–Trinajstić information content (AvgIpc) is 3.45. The number of nitrogens with zero attached hydrogens (tertiary/aromatic N) is 3. The number of sulfonamides is 1. The van der Waals surface area contributed by atoms with Gasteiger partial charge in [-0.3, -0.25) is 0 Å². The first-order valence-electron chi connectivity index (χ1n) is 11.8. The molecule has 0 radical (unpaired) electrons. The fourth-order valence-electron chi connectivity index (χ4n) is 5.08. The first-order chi connectivity index (χ1) is 15.9. The molecule has 1 aromatic heterocycles. The summed E-state index contributed by atoms with van der Waals surface area (Å²) in [4.78, 5) is 5.30. The number of hydrogen-bond acceptors (Lipinski definition) is 4. The van der Waals surface area contributed by atoms with Gasteiger partial charge in [-0.1, -0.05) is 55.3 Å². The molecule has 0 unspecified atom stereocenters. The molecule has 2 aromatic carbocycles. The van der Waals surface area contributed by atoms with Gasteiger partial charge in [0.2, 0.25) is 10.0 Å². The zero-order valence-electron chi connectivity index (χ0n) is 18.9. The molecular weight excluding hydrogens is 474 g/mol. The fraction of sp³-hybridized carbons (Fsp3) is 0.480. The quantitative estimate of drug-likeness (QED) is 0.359. The maximum Gasteiger partial charge on any atom is 0.243 e. The van der Waals surface area contributed by atoms with Crippen LogP contribution >= 0.6 is 23.4 Å². The van der Waals surface area contributed by atoms with E-state index >= 15 is 0 Å². The lowest BCUT2D eigenvalue weighted by Gasteiger charge is -2.30. The molecule has 1 saturated carbocycles. The molecule has 0 spiro atoms. The van der Waals surface area contributed by atoms with Crippen LogP contribution in [0, 0.1) is 5.92 Å². The molecule has 0 bridgehead atoms. The number of imidazole rings is 1. The number of aromatic nitrogens is 2. The van der Waals surface area contributed by atoms with Crippen molar-refractivity contribution in [2.75, 3.05) is 13.1 Å². The maximum atomic E-state index is 13.3. The van der Waals surface area contributed by atoms with Gasteiger partial charge < -0.3 is 4.57 Å². The third kappa shape index (κ3) is 4.83. The fourth-order valence-corrected chi connectivity index (χ4v) is 7.86. The monoisotopic (exact) mass is 503 g/mol. The van der Waals surface area contributed by atoms with E-state index in [4.69, 9.17) is 16.6 Å². The predicted octanol–water partition coefficient (Wildman–Crippen LogP) is 6.52. The van der Waals surface area contributed by atoms with Gasteiger partial charge in [-0.2, -0.15) is 4.31 Å². The summed E-state index contributed by atoms with van der Waals surface area (Å²) in [6.45, 7) is 3.32. The second kappa shape index (κ2) is 9.61. The van der Waals surface area contributed by atoms with Crippen LogP contribution in [0.15, 0.2) is 52.5 Å². The van der Waals surface area contributed by atoms with Gasteiger partial charge in [0.05, 0.1) is 15.9 Å². The Morgan fingerprint density at radius 2 is 1.82 bits per heavy atom. The number of rotatable bonds is 6. The van der Waals surface area contributed by atoms with Crippen LogP contribution in [0.5, 0.6) is 0 Å². The van der Waals surface area contributed by atoms with Crippen molar-refractivity contribution >= 4 is 44.4 Å². The summed E-state index contributed by atoms with van der Waals surface area (Å²) in [5, 5.41) is 1.70. The van der Waals surface area contributed by atoms with E-state index in [0.29, 0.717) is 29.9 Å². The molecule has 2 heterocycles. The predicted molar refractivity (Wildman–Crippen MR) is 135 cm³/mol. The Balaban J connectivity index is 1.48. The molecule has 8 heteroatoms. The van der Waals surface area contributed by atoms with E-state index < -0.39 is 10.0 Å². The van der Waals surface area contributed by atoms with Crippen LogP contribution in [0.1, 0.15) is 57.1 Å². The van der Waals surface area contributed by atoms with E-state index in [0.717, 1.165) is 52.6 Å². The number of benzene rings is 2. The lowest BCUT2D eigenvalue weighted by molar-refractivity contribution is 0.281. The third-order valence-electron chi connectivity index (χ3n) is 6.86. The molecule has 33 heavy (non-hydrogen) atoms. The molecular formula is C25H30ClN3O2S2. The maximum absolute atomic E-state index is 13.3. The number of fused-ring (bicyclic) bond motifs is 1. The van der Waals surface area contributed by atoms with E-state index in [9.17, 15) is 8.42 Å². The number of halogens is 1. The van der Waals surface area contributed by atoms with Crippen molar-refractivity contribution in [3.05, 3.63) is 53.1 Å². The highest BCUT2D eigenvalue weighted by Gasteiger charge is 2.30. The highest BCUT2D eigenvalue weighted by Crippen LogP contribution is 2.38. The molecule has 176 valence electrons. The number of hydrogen-bond donors (Lipinski definition) is 0. The first kappa shape index (κ1) is 23.2. The summed E-state index contributed by atoms with van der Waals surface area (Å²) in [5.41, 5.74) is 3.00. The molecule has 1 atom stereocenters. The number of thioether (sulfide) groups is 1. The van der Waals surface area contributed by atoms with Gasteiger partial charge in [0.1, 0.15) is 0 Å². The van der Waals surface area contributed by atoms with Gasteiger partial charge in [-0.25, -0.2) is 13.4 Å². The normalized spacial score (nSPS) is 20.6. The zero-order chi connectivity index (χ0) is 23.0. The van der Waals surface area contributed by atoms with Gasteiger partial charge in [-0.05, 0) is 67.5 Å². The van der Waals surface area contributed by atoms with Crippen LogP contribution in [-0.2, 0) is 15.8 Å².